The summed E-state index contributed by atoms with van der Waals surface area (Å²) in [5.74, 6) is -1.10. The van der Waals surface area contributed by atoms with Gasteiger partial charge in [-0.05, 0) is 12.1 Å². The minimum atomic E-state index is -4.58. The van der Waals surface area contributed by atoms with Crippen molar-refractivity contribution < 1.29 is 13.2 Å². The number of fused-ring (bicyclic) bond motifs is 3. The lowest BCUT2D eigenvalue weighted by atomic mass is 10.4. The second kappa shape index (κ2) is 3.12. The third-order valence-corrected chi connectivity index (χ3v) is 2.24. The number of aromatic nitrogens is 5. The molecule has 0 aliphatic rings. The Morgan fingerprint density at radius 2 is 1.94 bits per heavy atom. The van der Waals surface area contributed by atoms with E-state index in [2.05, 4.69) is 20.2 Å². The van der Waals surface area contributed by atoms with Gasteiger partial charge >= 0.3 is 6.18 Å². The quantitative estimate of drug-likeness (QED) is 0.599. The molecule has 0 saturated heterocycles. The van der Waals surface area contributed by atoms with E-state index in [0.29, 0.717) is 5.52 Å². The first-order valence-electron chi connectivity index (χ1n) is 4.59. The van der Waals surface area contributed by atoms with Gasteiger partial charge in [-0.15, -0.1) is 10.2 Å². The fourth-order valence-corrected chi connectivity index (χ4v) is 1.56. The van der Waals surface area contributed by atoms with Crippen LogP contribution in [0.4, 0.5) is 13.2 Å². The molecule has 0 amide bonds. The van der Waals surface area contributed by atoms with Gasteiger partial charge in [-0.2, -0.15) is 13.2 Å². The molecule has 0 spiro atoms. The molecule has 0 aliphatic heterocycles. The summed E-state index contributed by atoms with van der Waals surface area (Å²) < 4.78 is 39.0. The molecule has 0 bridgehead atoms. The van der Waals surface area contributed by atoms with E-state index in [1.54, 1.807) is 12.1 Å². The SMILES string of the molecule is FC(F)(F)c1nnc2cnc3cccnc3n12. The molecule has 86 valence electrons. The Bertz CT molecular complexity index is 702. The Morgan fingerprint density at radius 3 is 2.71 bits per heavy atom. The predicted molar refractivity (Wildman–Crippen MR) is 51.1 cm³/mol. The topological polar surface area (TPSA) is 56.0 Å². The Kier molecular flexibility index (Phi) is 1.83. The number of halogens is 3. The van der Waals surface area contributed by atoms with Crippen LogP contribution in [0.3, 0.4) is 0 Å². The molecule has 8 heteroatoms. The van der Waals surface area contributed by atoms with Crippen molar-refractivity contribution in [3.8, 4) is 0 Å². The van der Waals surface area contributed by atoms with Crippen molar-refractivity contribution in [2.45, 2.75) is 6.18 Å². The summed E-state index contributed by atoms with van der Waals surface area (Å²) in [7, 11) is 0. The van der Waals surface area contributed by atoms with Gasteiger partial charge < -0.3 is 0 Å². The van der Waals surface area contributed by atoms with Crippen LogP contribution in [0.15, 0.2) is 24.5 Å². The van der Waals surface area contributed by atoms with Crippen LogP contribution in [-0.4, -0.2) is 24.6 Å². The molecular formula is C9H4F3N5. The number of hydrogen-bond acceptors (Lipinski definition) is 4. The Hall–Kier alpha value is -2.25. The minimum absolute atomic E-state index is 0.0172. The van der Waals surface area contributed by atoms with E-state index >= 15 is 0 Å². The predicted octanol–water partition coefficient (Wildman–Crippen LogP) is 1.69. The monoisotopic (exact) mass is 239 g/mol. The average Bonchev–Trinajstić information content (AvgIpc) is 2.72. The van der Waals surface area contributed by atoms with Gasteiger partial charge in [-0.25, -0.2) is 9.97 Å². The van der Waals surface area contributed by atoms with Crippen molar-refractivity contribution in [1.82, 2.24) is 24.6 Å². The van der Waals surface area contributed by atoms with Crippen molar-refractivity contribution in [1.29, 1.82) is 0 Å². The molecule has 3 rings (SSSR count). The zero-order valence-electron chi connectivity index (χ0n) is 8.18. The first-order chi connectivity index (χ1) is 8.07. The number of pyridine rings is 1. The summed E-state index contributed by atoms with van der Waals surface area (Å²) in [5, 5.41) is 6.55. The molecule has 0 unspecified atom stereocenters. The van der Waals surface area contributed by atoms with Gasteiger partial charge in [-0.1, -0.05) is 0 Å². The second-order valence-corrected chi connectivity index (χ2v) is 3.32. The number of nitrogens with zero attached hydrogens (tertiary/aromatic N) is 5. The van der Waals surface area contributed by atoms with Gasteiger partial charge in [0.15, 0.2) is 11.3 Å². The van der Waals surface area contributed by atoms with Gasteiger partial charge in [0.05, 0.1) is 6.20 Å². The smallest absolute Gasteiger partial charge is 0.252 e. The molecule has 0 fully saturated rings. The zero-order chi connectivity index (χ0) is 12.0. The van der Waals surface area contributed by atoms with E-state index in [1.165, 1.54) is 12.4 Å². The highest BCUT2D eigenvalue weighted by atomic mass is 19.4. The van der Waals surface area contributed by atoms with Gasteiger partial charge in [-0.3, -0.25) is 4.40 Å². The maximum atomic E-state index is 12.7. The van der Waals surface area contributed by atoms with E-state index in [0.717, 1.165) is 4.40 Å². The molecule has 17 heavy (non-hydrogen) atoms. The molecule has 3 aromatic rings. The third-order valence-electron chi connectivity index (χ3n) is 2.24. The van der Waals surface area contributed by atoms with Crippen LogP contribution in [0.25, 0.3) is 16.8 Å². The van der Waals surface area contributed by atoms with Crippen molar-refractivity contribution >= 4 is 16.8 Å². The van der Waals surface area contributed by atoms with Crippen LogP contribution in [0.1, 0.15) is 5.82 Å². The van der Waals surface area contributed by atoms with Crippen LogP contribution in [0.2, 0.25) is 0 Å². The average molecular weight is 239 g/mol. The Morgan fingerprint density at radius 1 is 1.12 bits per heavy atom. The van der Waals surface area contributed by atoms with Crippen molar-refractivity contribution in [2.75, 3.05) is 0 Å². The highest BCUT2D eigenvalue weighted by molar-refractivity contribution is 5.72. The summed E-state index contributed by atoms with van der Waals surface area (Å²) in [4.78, 5) is 7.83. The molecule has 3 heterocycles. The van der Waals surface area contributed by atoms with Crippen molar-refractivity contribution in [3.05, 3.63) is 30.4 Å². The lowest BCUT2D eigenvalue weighted by molar-refractivity contribution is -0.145. The van der Waals surface area contributed by atoms with Crippen LogP contribution in [-0.2, 0) is 6.18 Å². The van der Waals surface area contributed by atoms with Gasteiger partial charge in [0.2, 0.25) is 5.82 Å². The number of hydrogen-bond donors (Lipinski definition) is 0. The van der Waals surface area contributed by atoms with Gasteiger partial charge in [0.25, 0.3) is 0 Å². The van der Waals surface area contributed by atoms with E-state index in [9.17, 15) is 13.2 Å². The Balaban J connectivity index is 2.51. The molecular weight excluding hydrogens is 235 g/mol. The van der Waals surface area contributed by atoms with Gasteiger partial charge in [0.1, 0.15) is 5.52 Å². The first-order valence-corrected chi connectivity index (χ1v) is 4.59. The van der Waals surface area contributed by atoms with Crippen LogP contribution in [0, 0.1) is 0 Å². The molecule has 0 aromatic carbocycles. The Labute approximate surface area is 91.9 Å². The summed E-state index contributed by atoms with van der Waals surface area (Å²) in [5.41, 5.74) is 0.455. The lowest BCUT2D eigenvalue weighted by Gasteiger charge is -2.05. The van der Waals surface area contributed by atoms with Crippen molar-refractivity contribution in [2.24, 2.45) is 0 Å². The summed E-state index contributed by atoms with van der Waals surface area (Å²) in [6.45, 7) is 0. The van der Waals surface area contributed by atoms with Crippen LogP contribution < -0.4 is 0 Å². The van der Waals surface area contributed by atoms with Crippen molar-refractivity contribution in [3.63, 3.8) is 0 Å². The van der Waals surface area contributed by atoms with E-state index in [-0.39, 0.29) is 11.3 Å². The molecule has 0 N–H and O–H groups in total. The van der Waals surface area contributed by atoms with Crippen LogP contribution >= 0.6 is 0 Å². The second-order valence-electron chi connectivity index (χ2n) is 3.32. The standard InChI is InChI=1S/C9H4F3N5/c10-9(11,12)8-16-15-6-4-14-5-2-1-3-13-7(5)17(6)8/h1-4H. The van der Waals surface area contributed by atoms with E-state index in [4.69, 9.17) is 0 Å². The zero-order valence-corrected chi connectivity index (χ0v) is 8.18. The lowest BCUT2D eigenvalue weighted by Crippen LogP contribution is -2.11. The molecule has 3 aromatic heterocycles. The number of rotatable bonds is 0. The minimum Gasteiger partial charge on any atom is -0.252 e. The molecule has 0 atom stereocenters. The van der Waals surface area contributed by atoms with E-state index < -0.39 is 12.0 Å². The third kappa shape index (κ3) is 1.41. The maximum Gasteiger partial charge on any atom is 0.452 e. The molecule has 0 radical (unpaired) electrons. The maximum absolute atomic E-state index is 12.7. The molecule has 0 saturated carbocycles. The molecule has 5 nitrogen and oxygen atoms in total. The van der Waals surface area contributed by atoms with E-state index in [1.807, 2.05) is 0 Å². The fraction of sp³-hybridized carbons (Fsp3) is 0.111. The summed E-state index contributed by atoms with van der Waals surface area (Å²) in [6.07, 6.45) is -1.96. The van der Waals surface area contributed by atoms with Crippen LogP contribution in [0.5, 0.6) is 0 Å². The summed E-state index contributed by atoms with van der Waals surface area (Å²) >= 11 is 0. The summed E-state index contributed by atoms with van der Waals surface area (Å²) in [6, 6.07) is 3.17. The van der Waals surface area contributed by atoms with Gasteiger partial charge in [0, 0.05) is 6.20 Å². The highest BCUT2D eigenvalue weighted by Crippen LogP contribution is 2.28. The normalized spacial score (nSPS) is 12.4. The fourth-order valence-electron chi connectivity index (χ4n) is 1.56. The largest absolute Gasteiger partial charge is 0.452 e. The molecule has 0 aliphatic carbocycles. The number of alkyl halides is 3. The highest BCUT2D eigenvalue weighted by Gasteiger charge is 2.37. The first kappa shape index (κ1) is 9.94.